The van der Waals surface area contributed by atoms with E-state index in [-0.39, 0.29) is 11.8 Å². The summed E-state index contributed by atoms with van der Waals surface area (Å²) in [5, 5.41) is 19.3. The van der Waals surface area contributed by atoms with Crippen LogP contribution in [-0.4, -0.2) is 23.9 Å². The summed E-state index contributed by atoms with van der Waals surface area (Å²) >= 11 is 0. The quantitative estimate of drug-likeness (QED) is 0.868. The molecule has 0 aliphatic carbocycles. The molecule has 1 N–H and O–H groups in total. The Hall–Kier alpha value is -3.06. The minimum atomic E-state index is -1.04. The number of hydrogen-bond donors (Lipinski definition) is 1. The summed E-state index contributed by atoms with van der Waals surface area (Å²) in [6.45, 7) is 2.02. The average Bonchev–Trinajstić information content (AvgIpc) is 2.76. The number of rotatable bonds is 3. The average molecular weight is 369 g/mol. The first kappa shape index (κ1) is 17.1. The van der Waals surface area contributed by atoms with Gasteiger partial charge in [-0.25, -0.2) is 0 Å². The fourth-order valence-electron chi connectivity index (χ4n) is 5.12. The van der Waals surface area contributed by atoms with E-state index in [1.807, 2.05) is 48.5 Å². The van der Waals surface area contributed by atoms with Crippen LogP contribution in [0.2, 0.25) is 0 Å². The standard InChI is InChI=1S/C24H23N3O/c25-16-24(15-17-7-3-1-4-8-17)20(18-9-5-2-6-10-18)21-22(28-23(24)26)19-11-13-27(21)14-12-19/h1-10,19-20,26H,11-15H2/t20-,24-/m1/s1. The van der Waals surface area contributed by atoms with Crippen molar-refractivity contribution in [3.63, 3.8) is 0 Å². The second kappa shape index (κ2) is 6.53. The Kier molecular flexibility index (Phi) is 3.98. The van der Waals surface area contributed by atoms with Gasteiger partial charge in [-0.1, -0.05) is 60.7 Å². The van der Waals surface area contributed by atoms with Crippen LogP contribution in [0.4, 0.5) is 0 Å². The van der Waals surface area contributed by atoms with Gasteiger partial charge >= 0.3 is 0 Å². The maximum absolute atomic E-state index is 10.5. The van der Waals surface area contributed by atoms with Crippen molar-refractivity contribution < 1.29 is 4.74 Å². The maximum Gasteiger partial charge on any atom is 0.208 e. The van der Waals surface area contributed by atoms with E-state index in [0.29, 0.717) is 12.3 Å². The lowest BCUT2D eigenvalue weighted by molar-refractivity contribution is 0.102. The van der Waals surface area contributed by atoms with Crippen LogP contribution in [0, 0.1) is 28.1 Å². The van der Waals surface area contributed by atoms with Crippen molar-refractivity contribution in [3.05, 3.63) is 83.2 Å². The molecule has 1 saturated heterocycles. The SMILES string of the molecule is N#C[C@@]1(Cc2ccccc2)C(=N)OC2=C([C@H]1c1ccccc1)N1CCC2CC1. The minimum Gasteiger partial charge on any atom is -0.444 e. The van der Waals surface area contributed by atoms with Gasteiger partial charge in [-0.05, 0) is 24.0 Å². The minimum absolute atomic E-state index is 0.0974. The van der Waals surface area contributed by atoms with Gasteiger partial charge in [-0.2, -0.15) is 5.26 Å². The number of allylic oxidation sites excluding steroid dienone is 2. The summed E-state index contributed by atoms with van der Waals surface area (Å²) < 4.78 is 6.15. The first-order valence-corrected chi connectivity index (χ1v) is 9.99. The van der Waals surface area contributed by atoms with Crippen molar-refractivity contribution in [1.29, 1.82) is 10.7 Å². The molecule has 2 aromatic rings. The highest BCUT2D eigenvalue weighted by Crippen LogP contribution is 2.54. The third kappa shape index (κ3) is 2.46. The van der Waals surface area contributed by atoms with E-state index in [1.165, 1.54) is 0 Å². The van der Waals surface area contributed by atoms with Gasteiger partial charge in [-0.15, -0.1) is 0 Å². The largest absolute Gasteiger partial charge is 0.444 e. The third-order valence-corrected chi connectivity index (χ3v) is 6.50. The van der Waals surface area contributed by atoms with Gasteiger partial charge in [0.1, 0.15) is 11.2 Å². The fraction of sp³-hybridized carbons (Fsp3) is 0.333. The molecule has 0 unspecified atom stereocenters. The molecule has 28 heavy (non-hydrogen) atoms. The van der Waals surface area contributed by atoms with Gasteiger partial charge in [-0.3, -0.25) is 5.41 Å². The molecule has 0 aromatic heterocycles. The van der Waals surface area contributed by atoms with Crippen LogP contribution in [0.15, 0.2) is 72.1 Å². The molecule has 2 atom stereocenters. The number of nitrogens with one attached hydrogen (secondary N) is 1. The van der Waals surface area contributed by atoms with Crippen molar-refractivity contribution in [2.75, 3.05) is 13.1 Å². The molecule has 2 bridgehead atoms. The summed E-state index contributed by atoms with van der Waals surface area (Å²) in [7, 11) is 0. The predicted molar refractivity (Wildman–Crippen MR) is 108 cm³/mol. The predicted octanol–water partition coefficient (Wildman–Crippen LogP) is 4.47. The number of fused-ring (bicyclic) bond motifs is 2. The van der Waals surface area contributed by atoms with Crippen LogP contribution < -0.4 is 0 Å². The Morgan fingerprint density at radius 1 is 1.04 bits per heavy atom. The zero-order chi connectivity index (χ0) is 19.1. The lowest BCUT2D eigenvalue weighted by Crippen LogP contribution is -2.53. The van der Waals surface area contributed by atoms with Crippen LogP contribution in [0.3, 0.4) is 0 Å². The van der Waals surface area contributed by atoms with Crippen LogP contribution in [0.5, 0.6) is 0 Å². The molecular formula is C24H23N3O. The Bertz CT molecular complexity index is 968. The molecule has 0 radical (unpaired) electrons. The number of nitrogens with zero attached hydrogens (tertiary/aromatic N) is 2. The topological polar surface area (TPSA) is 60.1 Å². The van der Waals surface area contributed by atoms with Crippen LogP contribution in [0.25, 0.3) is 0 Å². The second-order valence-corrected chi connectivity index (χ2v) is 8.03. The monoisotopic (exact) mass is 369 g/mol. The molecule has 4 aliphatic heterocycles. The highest BCUT2D eigenvalue weighted by Gasteiger charge is 2.56. The van der Waals surface area contributed by atoms with Crippen molar-refractivity contribution in [1.82, 2.24) is 4.90 Å². The molecule has 2 aromatic carbocycles. The van der Waals surface area contributed by atoms with E-state index >= 15 is 0 Å². The van der Waals surface area contributed by atoms with Crippen molar-refractivity contribution in [3.8, 4) is 6.07 Å². The molecule has 4 heteroatoms. The Morgan fingerprint density at radius 3 is 2.32 bits per heavy atom. The molecule has 140 valence electrons. The molecule has 4 heterocycles. The van der Waals surface area contributed by atoms with Crippen LogP contribution in [-0.2, 0) is 11.2 Å². The normalized spacial score (nSPS) is 26.6. The molecule has 0 amide bonds. The molecule has 6 rings (SSSR count). The molecule has 4 aliphatic rings. The first-order valence-electron chi connectivity index (χ1n) is 9.99. The highest BCUT2D eigenvalue weighted by atomic mass is 16.5. The third-order valence-electron chi connectivity index (χ3n) is 6.50. The van der Waals surface area contributed by atoms with Crippen molar-refractivity contribution in [2.24, 2.45) is 11.3 Å². The lowest BCUT2D eigenvalue weighted by Gasteiger charge is -2.52. The Balaban J connectivity index is 1.71. The molecule has 0 saturated carbocycles. The number of ether oxygens (including phenoxy) is 1. The van der Waals surface area contributed by atoms with Crippen LogP contribution >= 0.6 is 0 Å². The maximum atomic E-state index is 10.5. The van der Waals surface area contributed by atoms with E-state index < -0.39 is 5.41 Å². The summed E-state index contributed by atoms with van der Waals surface area (Å²) in [4.78, 5) is 2.40. The Morgan fingerprint density at radius 2 is 1.68 bits per heavy atom. The van der Waals surface area contributed by atoms with E-state index in [1.54, 1.807) is 0 Å². The van der Waals surface area contributed by atoms with Crippen LogP contribution in [0.1, 0.15) is 29.9 Å². The zero-order valence-corrected chi connectivity index (χ0v) is 15.8. The Labute approximate surface area is 165 Å². The highest BCUT2D eigenvalue weighted by molar-refractivity contribution is 5.87. The van der Waals surface area contributed by atoms with Crippen molar-refractivity contribution in [2.45, 2.75) is 25.2 Å². The fourth-order valence-corrected chi connectivity index (χ4v) is 5.12. The lowest BCUT2D eigenvalue weighted by atomic mass is 9.64. The van der Waals surface area contributed by atoms with Gasteiger partial charge in [0.15, 0.2) is 0 Å². The molecule has 0 spiro atoms. The van der Waals surface area contributed by atoms with Gasteiger partial charge < -0.3 is 9.64 Å². The number of hydrogen-bond acceptors (Lipinski definition) is 4. The summed E-state index contributed by atoms with van der Waals surface area (Å²) in [6.07, 6.45) is 2.62. The number of benzene rings is 2. The molecule has 4 nitrogen and oxygen atoms in total. The smallest absolute Gasteiger partial charge is 0.208 e. The van der Waals surface area contributed by atoms with E-state index in [2.05, 4.69) is 23.1 Å². The van der Waals surface area contributed by atoms with Crippen molar-refractivity contribution >= 4 is 5.90 Å². The van der Waals surface area contributed by atoms with Gasteiger partial charge in [0.2, 0.25) is 5.90 Å². The zero-order valence-electron chi connectivity index (χ0n) is 15.8. The summed E-state index contributed by atoms with van der Waals surface area (Å²) in [5.41, 5.74) is 2.24. The number of piperidine rings is 1. The van der Waals surface area contributed by atoms with Gasteiger partial charge in [0.25, 0.3) is 0 Å². The number of nitriles is 1. The van der Waals surface area contributed by atoms with Gasteiger partial charge in [0, 0.05) is 25.4 Å². The second-order valence-electron chi connectivity index (χ2n) is 8.03. The van der Waals surface area contributed by atoms with E-state index in [0.717, 1.165) is 48.5 Å². The van der Waals surface area contributed by atoms with E-state index in [9.17, 15) is 5.26 Å². The molecule has 1 fully saturated rings. The molecular weight excluding hydrogens is 346 g/mol. The first-order chi connectivity index (χ1) is 13.7. The van der Waals surface area contributed by atoms with E-state index in [4.69, 9.17) is 10.1 Å². The summed E-state index contributed by atoms with van der Waals surface area (Å²) in [5.74, 6) is 1.23. The van der Waals surface area contributed by atoms with Gasteiger partial charge in [0.05, 0.1) is 17.7 Å². The summed E-state index contributed by atoms with van der Waals surface area (Å²) in [6, 6.07) is 22.8.